The number of hydrogen-bond donors (Lipinski definition) is 1. The summed E-state index contributed by atoms with van der Waals surface area (Å²) >= 11 is 1.91. The second kappa shape index (κ2) is 7.36. The molecule has 1 aliphatic rings. The summed E-state index contributed by atoms with van der Waals surface area (Å²) in [6, 6.07) is 0. The fourth-order valence-corrected chi connectivity index (χ4v) is 4.02. The Balaban J connectivity index is 3.01. The van der Waals surface area contributed by atoms with Gasteiger partial charge in [0, 0.05) is 11.3 Å². The highest BCUT2D eigenvalue weighted by Gasteiger charge is 2.48. The fourth-order valence-electron chi connectivity index (χ4n) is 3.17. The van der Waals surface area contributed by atoms with E-state index in [1.54, 1.807) is 0 Å². The van der Waals surface area contributed by atoms with Crippen LogP contribution in [-0.4, -0.2) is 40.1 Å². The topological polar surface area (TPSA) is 32.3 Å². The molecule has 124 valence electrons. The Morgan fingerprint density at radius 2 is 1.90 bits per heavy atom. The molecule has 1 fully saturated rings. The minimum Gasteiger partial charge on any atom is -0.324 e. The Hall–Kier alpha value is -0.220. The summed E-state index contributed by atoms with van der Waals surface area (Å²) in [5.74, 6) is 0.875. The van der Waals surface area contributed by atoms with Crippen molar-refractivity contribution in [2.24, 2.45) is 5.92 Å². The first-order chi connectivity index (χ1) is 9.77. The third kappa shape index (κ3) is 3.95. The van der Waals surface area contributed by atoms with Crippen LogP contribution in [0.25, 0.3) is 0 Å². The third-order valence-electron chi connectivity index (χ3n) is 5.18. The van der Waals surface area contributed by atoms with Crippen molar-refractivity contribution in [1.29, 1.82) is 0 Å². The van der Waals surface area contributed by atoms with Crippen LogP contribution in [0, 0.1) is 5.92 Å². The van der Waals surface area contributed by atoms with E-state index in [1.165, 1.54) is 0 Å². The molecule has 0 saturated carbocycles. The Kier molecular flexibility index (Phi) is 6.60. The van der Waals surface area contributed by atoms with E-state index in [9.17, 15) is 4.79 Å². The lowest BCUT2D eigenvalue weighted by Crippen LogP contribution is -2.47. The molecule has 2 unspecified atom stereocenters. The molecule has 1 heterocycles. The van der Waals surface area contributed by atoms with Gasteiger partial charge in [0.05, 0.1) is 11.7 Å². The molecule has 4 heteroatoms. The predicted octanol–water partition coefficient (Wildman–Crippen LogP) is 3.88. The van der Waals surface area contributed by atoms with Crippen molar-refractivity contribution in [3.63, 3.8) is 0 Å². The molecule has 0 aromatic heterocycles. The minimum atomic E-state index is -0.384. The van der Waals surface area contributed by atoms with Crippen molar-refractivity contribution < 1.29 is 4.79 Å². The second-order valence-corrected chi connectivity index (χ2v) is 8.28. The van der Waals surface area contributed by atoms with Crippen molar-refractivity contribution in [3.05, 3.63) is 0 Å². The molecule has 0 bridgehead atoms. The molecule has 2 atom stereocenters. The van der Waals surface area contributed by atoms with Crippen LogP contribution in [0.4, 0.5) is 0 Å². The van der Waals surface area contributed by atoms with Crippen molar-refractivity contribution in [3.8, 4) is 0 Å². The summed E-state index contributed by atoms with van der Waals surface area (Å²) in [5.41, 5.74) is -0.384. The number of carbonyl (C=O) groups excluding carboxylic acids is 1. The molecule has 21 heavy (non-hydrogen) atoms. The van der Waals surface area contributed by atoms with Gasteiger partial charge < -0.3 is 4.90 Å². The Morgan fingerprint density at radius 1 is 1.33 bits per heavy atom. The number of nitrogens with zero attached hydrogens (tertiary/aromatic N) is 1. The average molecular weight is 315 g/mol. The molecule has 0 radical (unpaired) electrons. The van der Waals surface area contributed by atoms with Crippen molar-refractivity contribution in [2.45, 2.75) is 83.7 Å². The van der Waals surface area contributed by atoms with E-state index in [4.69, 9.17) is 0 Å². The van der Waals surface area contributed by atoms with Gasteiger partial charge >= 0.3 is 0 Å². The highest BCUT2D eigenvalue weighted by atomic mass is 32.2. The molecule has 3 nitrogen and oxygen atoms in total. The number of amides is 1. The zero-order valence-corrected chi connectivity index (χ0v) is 15.8. The Bertz CT molecular complexity index is 346. The smallest absolute Gasteiger partial charge is 0.243 e. The van der Waals surface area contributed by atoms with Gasteiger partial charge in [-0.3, -0.25) is 10.1 Å². The summed E-state index contributed by atoms with van der Waals surface area (Å²) in [7, 11) is 0. The minimum absolute atomic E-state index is 0.186. The van der Waals surface area contributed by atoms with E-state index in [0.29, 0.717) is 5.92 Å². The molecule has 0 aliphatic carbocycles. The molecule has 1 rings (SSSR count). The van der Waals surface area contributed by atoms with Crippen LogP contribution in [0.5, 0.6) is 0 Å². The zero-order chi connectivity index (χ0) is 16.3. The first-order valence-corrected chi connectivity index (χ1v) is 9.63. The molecule has 1 saturated heterocycles. The van der Waals surface area contributed by atoms with Gasteiger partial charge in [0.1, 0.15) is 0 Å². The quantitative estimate of drug-likeness (QED) is 0.738. The van der Waals surface area contributed by atoms with E-state index in [2.05, 4.69) is 58.0 Å². The van der Waals surface area contributed by atoms with Crippen molar-refractivity contribution in [2.75, 3.05) is 12.8 Å². The van der Waals surface area contributed by atoms with E-state index >= 15 is 0 Å². The lowest BCUT2D eigenvalue weighted by Gasteiger charge is -2.37. The van der Waals surface area contributed by atoms with Crippen molar-refractivity contribution >= 4 is 17.7 Å². The van der Waals surface area contributed by atoms with E-state index in [1.807, 2.05) is 11.8 Å². The monoisotopic (exact) mass is 314 g/mol. The van der Waals surface area contributed by atoms with E-state index in [0.717, 1.165) is 32.2 Å². The summed E-state index contributed by atoms with van der Waals surface area (Å²) in [6.45, 7) is 14.0. The van der Waals surface area contributed by atoms with Gasteiger partial charge in [-0.2, -0.15) is 11.8 Å². The molecule has 1 aliphatic heterocycles. The summed E-state index contributed by atoms with van der Waals surface area (Å²) in [4.78, 5) is 15.1. The maximum atomic E-state index is 12.9. The fraction of sp³-hybridized carbons (Fsp3) is 0.941. The molecule has 0 spiro atoms. The maximum absolute atomic E-state index is 12.9. The SMILES string of the molecule is CCC(CC)(CN1C(=O)C(C)(CC)NC1CC(C)C)SC. The van der Waals surface area contributed by atoms with E-state index < -0.39 is 0 Å². The van der Waals surface area contributed by atoms with Gasteiger partial charge in [0.15, 0.2) is 0 Å². The normalized spacial score (nSPS) is 27.0. The number of carbonyl (C=O) groups is 1. The van der Waals surface area contributed by atoms with Gasteiger partial charge in [-0.05, 0) is 44.8 Å². The molecule has 1 amide bonds. The standard InChI is InChI=1S/C17H34N2OS/c1-8-16(6)15(20)19(14(18-16)11-13(4)5)12-17(9-2,10-3)21-7/h13-14,18H,8-12H2,1-7H3. The lowest BCUT2D eigenvalue weighted by atomic mass is 9.97. The summed E-state index contributed by atoms with van der Waals surface area (Å²) in [6.07, 6.45) is 6.45. The van der Waals surface area contributed by atoms with Crippen LogP contribution in [0.3, 0.4) is 0 Å². The molecular formula is C17H34N2OS. The van der Waals surface area contributed by atoms with Crippen LogP contribution < -0.4 is 5.32 Å². The second-order valence-electron chi connectivity index (χ2n) is 7.00. The highest BCUT2D eigenvalue weighted by molar-refractivity contribution is 8.00. The number of nitrogens with one attached hydrogen (secondary N) is 1. The molecular weight excluding hydrogens is 280 g/mol. The van der Waals surface area contributed by atoms with Crippen LogP contribution in [0.15, 0.2) is 0 Å². The largest absolute Gasteiger partial charge is 0.324 e. The molecule has 1 N–H and O–H groups in total. The maximum Gasteiger partial charge on any atom is 0.243 e. The number of rotatable bonds is 8. The summed E-state index contributed by atoms with van der Waals surface area (Å²) < 4.78 is 0.186. The van der Waals surface area contributed by atoms with Crippen molar-refractivity contribution in [1.82, 2.24) is 10.2 Å². The van der Waals surface area contributed by atoms with Crippen LogP contribution in [0.2, 0.25) is 0 Å². The highest BCUT2D eigenvalue weighted by Crippen LogP contribution is 2.35. The Labute approximate surface area is 135 Å². The molecule has 0 aromatic rings. The lowest BCUT2D eigenvalue weighted by molar-refractivity contribution is -0.133. The third-order valence-corrected chi connectivity index (χ3v) is 6.75. The van der Waals surface area contributed by atoms with Gasteiger partial charge in [0.25, 0.3) is 0 Å². The van der Waals surface area contributed by atoms with Gasteiger partial charge in [-0.1, -0.05) is 34.6 Å². The number of thioether (sulfide) groups is 1. The van der Waals surface area contributed by atoms with Crippen LogP contribution >= 0.6 is 11.8 Å². The first-order valence-electron chi connectivity index (χ1n) is 8.41. The predicted molar refractivity (Wildman–Crippen MR) is 93.6 cm³/mol. The zero-order valence-electron chi connectivity index (χ0n) is 15.0. The van der Waals surface area contributed by atoms with Crippen LogP contribution in [-0.2, 0) is 4.79 Å². The Morgan fingerprint density at radius 3 is 2.29 bits per heavy atom. The van der Waals surface area contributed by atoms with Crippen LogP contribution in [0.1, 0.15) is 67.2 Å². The van der Waals surface area contributed by atoms with Gasteiger partial charge in [-0.15, -0.1) is 0 Å². The van der Waals surface area contributed by atoms with Gasteiger partial charge in [0.2, 0.25) is 5.91 Å². The number of hydrogen-bond acceptors (Lipinski definition) is 3. The molecule has 0 aromatic carbocycles. The average Bonchev–Trinajstić information content (AvgIpc) is 2.69. The van der Waals surface area contributed by atoms with Gasteiger partial charge in [-0.25, -0.2) is 0 Å². The first kappa shape index (κ1) is 18.8. The van der Waals surface area contributed by atoms with E-state index in [-0.39, 0.29) is 22.4 Å². The summed E-state index contributed by atoms with van der Waals surface area (Å²) in [5, 5.41) is 3.61.